The molecule has 0 saturated carbocycles. The Hall–Kier alpha value is -2.81. The van der Waals surface area contributed by atoms with Crippen LogP contribution in [-0.2, 0) is 11.2 Å². The summed E-state index contributed by atoms with van der Waals surface area (Å²) in [4.78, 5) is 12.4. The van der Waals surface area contributed by atoms with Gasteiger partial charge < -0.3 is 10.1 Å². The highest BCUT2D eigenvalue weighted by Crippen LogP contribution is 2.22. The molecule has 3 rings (SSSR count). The van der Waals surface area contributed by atoms with Crippen molar-refractivity contribution < 1.29 is 9.53 Å². The van der Waals surface area contributed by atoms with Crippen LogP contribution in [0.15, 0.2) is 72.8 Å². The van der Waals surface area contributed by atoms with Crippen LogP contribution in [0.5, 0.6) is 5.75 Å². The summed E-state index contributed by atoms with van der Waals surface area (Å²) < 4.78 is 5.94. The van der Waals surface area contributed by atoms with E-state index in [9.17, 15) is 4.79 Å². The maximum atomic E-state index is 12.4. The molecule has 0 heterocycles. The van der Waals surface area contributed by atoms with Crippen LogP contribution in [0.2, 0.25) is 0 Å². The van der Waals surface area contributed by atoms with Crippen molar-refractivity contribution in [3.63, 3.8) is 0 Å². The number of rotatable bonds is 8. The van der Waals surface area contributed by atoms with Crippen molar-refractivity contribution in [3.8, 4) is 5.75 Å². The van der Waals surface area contributed by atoms with Gasteiger partial charge in [0.1, 0.15) is 5.75 Å². The number of aryl methyl sites for hydroxylation is 1. The fourth-order valence-electron chi connectivity index (χ4n) is 2.99. The Bertz CT molecular complexity index is 845. The van der Waals surface area contributed by atoms with Gasteiger partial charge in [-0.2, -0.15) is 0 Å². The molecule has 0 fully saturated rings. The van der Waals surface area contributed by atoms with E-state index in [1.54, 1.807) is 0 Å². The molecule has 0 spiro atoms. The lowest BCUT2D eigenvalue weighted by atomic mass is 10.1. The van der Waals surface area contributed by atoms with Gasteiger partial charge in [0.25, 0.3) is 5.91 Å². The Kier molecular flexibility index (Phi) is 6.26. The molecule has 0 unspecified atom stereocenters. The van der Waals surface area contributed by atoms with Crippen molar-refractivity contribution in [2.24, 2.45) is 0 Å². The standard InChI is InChI=1S/C23H25NO2/c1-2-22(23(25)24-16-8-11-18-9-4-3-5-10-18)26-21-15-14-19-12-6-7-13-20(19)17-21/h3-7,9-10,12-15,17,22H,2,8,11,16H2,1H3,(H,24,25)/t22-/m0/s1. The minimum atomic E-state index is -0.465. The summed E-state index contributed by atoms with van der Waals surface area (Å²) in [7, 11) is 0. The summed E-state index contributed by atoms with van der Waals surface area (Å²) in [5.41, 5.74) is 1.29. The van der Waals surface area contributed by atoms with Crippen LogP contribution >= 0.6 is 0 Å². The number of benzene rings is 3. The van der Waals surface area contributed by atoms with E-state index in [-0.39, 0.29) is 5.91 Å². The van der Waals surface area contributed by atoms with Gasteiger partial charge in [0, 0.05) is 6.54 Å². The van der Waals surface area contributed by atoms with Gasteiger partial charge in [-0.25, -0.2) is 0 Å². The van der Waals surface area contributed by atoms with E-state index in [2.05, 4.69) is 23.5 Å². The van der Waals surface area contributed by atoms with Gasteiger partial charge in [0.2, 0.25) is 0 Å². The Morgan fingerprint density at radius 2 is 1.69 bits per heavy atom. The smallest absolute Gasteiger partial charge is 0.261 e. The van der Waals surface area contributed by atoms with Crippen molar-refractivity contribution in [3.05, 3.63) is 78.4 Å². The first-order valence-corrected chi connectivity index (χ1v) is 9.23. The maximum absolute atomic E-state index is 12.4. The number of fused-ring (bicyclic) bond motifs is 1. The van der Waals surface area contributed by atoms with Crippen LogP contribution in [0.25, 0.3) is 10.8 Å². The van der Waals surface area contributed by atoms with Gasteiger partial charge in [-0.1, -0.05) is 67.6 Å². The van der Waals surface area contributed by atoms with Gasteiger partial charge in [-0.3, -0.25) is 4.79 Å². The topological polar surface area (TPSA) is 38.3 Å². The van der Waals surface area contributed by atoms with Crippen LogP contribution in [0.3, 0.4) is 0 Å². The summed E-state index contributed by atoms with van der Waals surface area (Å²) in [6.45, 7) is 2.63. The number of hydrogen-bond acceptors (Lipinski definition) is 2. The Morgan fingerprint density at radius 1 is 0.962 bits per heavy atom. The highest BCUT2D eigenvalue weighted by atomic mass is 16.5. The van der Waals surface area contributed by atoms with Crippen molar-refractivity contribution >= 4 is 16.7 Å². The van der Waals surface area contributed by atoms with E-state index in [0.717, 1.165) is 24.0 Å². The first-order valence-electron chi connectivity index (χ1n) is 9.23. The fraction of sp³-hybridized carbons (Fsp3) is 0.261. The second-order valence-electron chi connectivity index (χ2n) is 6.40. The lowest BCUT2D eigenvalue weighted by Crippen LogP contribution is -2.38. The molecule has 3 aromatic carbocycles. The summed E-state index contributed by atoms with van der Waals surface area (Å²) in [5.74, 6) is 0.684. The highest BCUT2D eigenvalue weighted by Gasteiger charge is 2.17. The zero-order chi connectivity index (χ0) is 18.2. The number of ether oxygens (including phenoxy) is 1. The molecule has 3 aromatic rings. The normalized spacial score (nSPS) is 11.9. The lowest BCUT2D eigenvalue weighted by Gasteiger charge is -2.17. The van der Waals surface area contributed by atoms with Gasteiger partial charge in [0.05, 0.1) is 0 Å². The molecule has 0 radical (unpaired) electrons. The molecule has 0 aliphatic carbocycles. The summed E-state index contributed by atoms with van der Waals surface area (Å²) >= 11 is 0. The maximum Gasteiger partial charge on any atom is 0.261 e. The summed E-state index contributed by atoms with van der Waals surface area (Å²) in [6, 6.07) is 24.4. The molecular formula is C23H25NO2. The average molecular weight is 347 g/mol. The van der Waals surface area contributed by atoms with E-state index in [1.807, 2.05) is 61.5 Å². The van der Waals surface area contributed by atoms with Crippen LogP contribution in [0.1, 0.15) is 25.3 Å². The molecule has 3 nitrogen and oxygen atoms in total. The number of carbonyl (C=O) groups is 1. The molecule has 1 N–H and O–H groups in total. The molecule has 0 aromatic heterocycles. The van der Waals surface area contributed by atoms with Crippen LogP contribution in [-0.4, -0.2) is 18.6 Å². The molecule has 0 aliphatic heterocycles. The third-order valence-electron chi connectivity index (χ3n) is 4.45. The molecule has 0 saturated heterocycles. The molecule has 134 valence electrons. The molecule has 1 atom stereocenters. The second-order valence-corrected chi connectivity index (χ2v) is 6.40. The molecular weight excluding hydrogens is 322 g/mol. The van der Waals surface area contributed by atoms with E-state index in [1.165, 1.54) is 10.9 Å². The van der Waals surface area contributed by atoms with Gasteiger partial charge in [0.15, 0.2) is 6.10 Å². The molecule has 0 aliphatic rings. The fourth-order valence-corrected chi connectivity index (χ4v) is 2.99. The van der Waals surface area contributed by atoms with E-state index < -0.39 is 6.10 Å². The summed E-state index contributed by atoms with van der Waals surface area (Å²) in [6.07, 6.45) is 2.05. The molecule has 3 heteroatoms. The Balaban J connectivity index is 1.51. The van der Waals surface area contributed by atoms with Crippen molar-refractivity contribution in [1.29, 1.82) is 0 Å². The van der Waals surface area contributed by atoms with Crippen LogP contribution in [0, 0.1) is 0 Å². The average Bonchev–Trinajstić information content (AvgIpc) is 2.70. The van der Waals surface area contributed by atoms with Gasteiger partial charge >= 0.3 is 0 Å². The van der Waals surface area contributed by atoms with Crippen molar-refractivity contribution in [2.45, 2.75) is 32.3 Å². The van der Waals surface area contributed by atoms with Crippen molar-refractivity contribution in [2.75, 3.05) is 6.54 Å². The Morgan fingerprint density at radius 3 is 2.46 bits per heavy atom. The Labute approximate surface area is 155 Å². The minimum absolute atomic E-state index is 0.0475. The predicted octanol–water partition coefficient (Wildman–Crippen LogP) is 4.75. The third-order valence-corrected chi connectivity index (χ3v) is 4.45. The quantitative estimate of drug-likeness (QED) is 0.597. The molecule has 0 bridgehead atoms. The molecule has 1 amide bonds. The number of carbonyl (C=O) groups excluding carboxylic acids is 1. The van der Waals surface area contributed by atoms with E-state index >= 15 is 0 Å². The van der Waals surface area contributed by atoms with Gasteiger partial charge in [-0.05, 0) is 47.7 Å². The first kappa shape index (κ1) is 18.0. The number of amides is 1. The largest absolute Gasteiger partial charge is 0.481 e. The first-order chi connectivity index (χ1) is 12.8. The van der Waals surface area contributed by atoms with Crippen LogP contribution in [0.4, 0.5) is 0 Å². The lowest BCUT2D eigenvalue weighted by molar-refractivity contribution is -0.128. The zero-order valence-electron chi connectivity index (χ0n) is 15.2. The SMILES string of the molecule is CC[C@H](Oc1ccc2ccccc2c1)C(=O)NCCCc1ccccc1. The van der Waals surface area contributed by atoms with Gasteiger partial charge in [-0.15, -0.1) is 0 Å². The summed E-state index contributed by atoms with van der Waals surface area (Å²) in [5, 5.41) is 5.28. The monoisotopic (exact) mass is 347 g/mol. The second kappa shape index (κ2) is 9.04. The third kappa shape index (κ3) is 4.85. The number of hydrogen-bond donors (Lipinski definition) is 1. The van der Waals surface area contributed by atoms with Crippen LogP contribution < -0.4 is 10.1 Å². The van der Waals surface area contributed by atoms with E-state index in [4.69, 9.17) is 4.74 Å². The number of nitrogens with one attached hydrogen (secondary N) is 1. The zero-order valence-corrected chi connectivity index (χ0v) is 15.2. The molecule has 26 heavy (non-hydrogen) atoms. The highest BCUT2D eigenvalue weighted by molar-refractivity contribution is 5.84. The predicted molar refractivity (Wildman–Crippen MR) is 106 cm³/mol. The van der Waals surface area contributed by atoms with E-state index in [0.29, 0.717) is 13.0 Å². The minimum Gasteiger partial charge on any atom is -0.481 e. The van der Waals surface area contributed by atoms with Crippen molar-refractivity contribution in [1.82, 2.24) is 5.32 Å².